The number of hydrogen-bond acceptors (Lipinski definition) is 2. The van der Waals surface area contributed by atoms with E-state index in [2.05, 4.69) is 5.32 Å². The van der Waals surface area contributed by atoms with Crippen LogP contribution in [0.2, 0.25) is 0 Å². The number of hydrogen-bond donors (Lipinski definition) is 2. The summed E-state index contributed by atoms with van der Waals surface area (Å²) in [5.74, 6) is -0.0349. The monoisotopic (exact) mass is 323 g/mol. The van der Waals surface area contributed by atoms with Gasteiger partial charge in [0.1, 0.15) is 0 Å². The van der Waals surface area contributed by atoms with Gasteiger partial charge in [-0.1, -0.05) is 72.8 Å². The minimum absolute atomic E-state index is 0.0349. The van der Waals surface area contributed by atoms with Crippen LogP contribution in [0.1, 0.15) is 30.9 Å². The minimum atomic E-state index is -0.587. The molecule has 0 heterocycles. The maximum atomic E-state index is 12.0. The Kier molecular flexibility index (Phi) is 7.24. The second-order valence-corrected chi connectivity index (χ2v) is 5.96. The van der Waals surface area contributed by atoms with E-state index in [0.717, 1.165) is 11.1 Å². The van der Waals surface area contributed by atoms with Crippen molar-refractivity contribution >= 4 is 12.0 Å². The zero-order valence-corrected chi connectivity index (χ0v) is 14.1. The van der Waals surface area contributed by atoms with E-state index in [1.807, 2.05) is 79.7 Å². The van der Waals surface area contributed by atoms with Gasteiger partial charge in [0.05, 0.1) is 12.1 Å². The number of aliphatic hydroxyl groups is 1. The Morgan fingerprint density at radius 3 is 2.38 bits per heavy atom. The molecule has 0 radical (unpaired) electrons. The Bertz CT molecular complexity index is 637. The SMILES string of the molecule is CC(NC(=O)CC/C=C/c1ccccc1)C(O)Cc1ccccc1. The summed E-state index contributed by atoms with van der Waals surface area (Å²) in [5.41, 5.74) is 2.20. The fourth-order valence-corrected chi connectivity index (χ4v) is 2.45. The molecule has 2 aromatic rings. The molecular weight excluding hydrogens is 298 g/mol. The van der Waals surface area contributed by atoms with Gasteiger partial charge in [0.2, 0.25) is 5.91 Å². The van der Waals surface area contributed by atoms with Crippen molar-refractivity contribution in [2.75, 3.05) is 0 Å². The highest BCUT2D eigenvalue weighted by molar-refractivity contribution is 5.76. The van der Waals surface area contributed by atoms with Gasteiger partial charge in [-0.25, -0.2) is 0 Å². The van der Waals surface area contributed by atoms with Crippen LogP contribution in [0.25, 0.3) is 6.08 Å². The lowest BCUT2D eigenvalue weighted by Crippen LogP contribution is -2.42. The Morgan fingerprint density at radius 2 is 1.71 bits per heavy atom. The highest BCUT2D eigenvalue weighted by atomic mass is 16.3. The van der Waals surface area contributed by atoms with Gasteiger partial charge in [-0.05, 0) is 24.5 Å². The summed E-state index contributed by atoms with van der Waals surface area (Å²) >= 11 is 0. The molecule has 3 heteroatoms. The second-order valence-electron chi connectivity index (χ2n) is 5.96. The number of aliphatic hydroxyl groups excluding tert-OH is 1. The predicted molar refractivity (Wildman–Crippen MR) is 98.5 cm³/mol. The third kappa shape index (κ3) is 6.39. The van der Waals surface area contributed by atoms with Gasteiger partial charge in [0.25, 0.3) is 0 Å². The van der Waals surface area contributed by atoms with E-state index in [0.29, 0.717) is 19.3 Å². The molecule has 0 saturated carbocycles. The molecule has 2 rings (SSSR count). The molecule has 0 aliphatic heterocycles. The maximum absolute atomic E-state index is 12.0. The topological polar surface area (TPSA) is 49.3 Å². The molecule has 126 valence electrons. The van der Waals surface area contributed by atoms with E-state index >= 15 is 0 Å². The van der Waals surface area contributed by atoms with Crippen LogP contribution < -0.4 is 5.32 Å². The average molecular weight is 323 g/mol. The summed E-state index contributed by atoms with van der Waals surface area (Å²) in [6.45, 7) is 1.84. The largest absolute Gasteiger partial charge is 0.391 e. The van der Waals surface area contributed by atoms with E-state index in [9.17, 15) is 9.90 Å². The van der Waals surface area contributed by atoms with Crippen molar-refractivity contribution < 1.29 is 9.90 Å². The van der Waals surface area contributed by atoms with Crippen LogP contribution in [0.4, 0.5) is 0 Å². The lowest BCUT2D eigenvalue weighted by molar-refractivity contribution is -0.122. The van der Waals surface area contributed by atoms with Crippen molar-refractivity contribution in [1.82, 2.24) is 5.32 Å². The van der Waals surface area contributed by atoms with Crippen LogP contribution in [0, 0.1) is 0 Å². The molecule has 2 unspecified atom stereocenters. The number of carbonyl (C=O) groups excluding carboxylic acids is 1. The Labute approximate surface area is 144 Å². The van der Waals surface area contributed by atoms with Crippen molar-refractivity contribution in [3.8, 4) is 0 Å². The third-order valence-corrected chi connectivity index (χ3v) is 3.90. The first-order valence-electron chi connectivity index (χ1n) is 8.38. The molecule has 2 N–H and O–H groups in total. The predicted octanol–water partition coefficient (Wildman–Crippen LogP) is 3.59. The van der Waals surface area contributed by atoms with Crippen LogP contribution in [-0.2, 0) is 11.2 Å². The van der Waals surface area contributed by atoms with Crippen LogP contribution in [-0.4, -0.2) is 23.2 Å². The average Bonchev–Trinajstić information content (AvgIpc) is 2.60. The highest BCUT2D eigenvalue weighted by Crippen LogP contribution is 2.07. The molecule has 24 heavy (non-hydrogen) atoms. The van der Waals surface area contributed by atoms with Crippen LogP contribution in [0.3, 0.4) is 0 Å². The number of rotatable bonds is 8. The number of benzene rings is 2. The first-order chi connectivity index (χ1) is 11.6. The molecule has 0 aliphatic rings. The van der Waals surface area contributed by atoms with Crippen molar-refractivity contribution in [1.29, 1.82) is 0 Å². The molecule has 0 bridgehead atoms. The Morgan fingerprint density at radius 1 is 1.08 bits per heavy atom. The zero-order valence-electron chi connectivity index (χ0n) is 14.1. The van der Waals surface area contributed by atoms with Crippen molar-refractivity contribution in [2.24, 2.45) is 0 Å². The molecule has 0 aliphatic carbocycles. The summed E-state index contributed by atoms with van der Waals surface area (Å²) in [4.78, 5) is 12.0. The quantitative estimate of drug-likeness (QED) is 0.780. The van der Waals surface area contributed by atoms with Crippen LogP contribution in [0.5, 0.6) is 0 Å². The lowest BCUT2D eigenvalue weighted by atomic mass is 10.0. The fourth-order valence-electron chi connectivity index (χ4n) is 2.45. The summed E-state index contributed by atoms with van der Waals surface area (Å²) < 4.78 is 0. The van der Waals surface area contributed by atoms with E-state index in [1.165, 1.54) is 0 Å². The molecule has 0 spiro atoms. The fraction of sp³-hybridized carbons (Fsp3) is 0.286. The number of carbonyl (C=O) groups is 1. The zero-order chi connectivity index (χ0) is 17.2. The van der Waals surface area contributed by atoms with Gasteiger partial charge in [0.15, 0.2) is 0 Å². The van der Waals surface area contributed by atoms with E-state index < -0.39 is 6.10 Å². The first kappa shape index (κ1) is 18.0. The number of allylic oxidation sites excluding steroid dienone is 1. The molecule has 3 nitrogen and oxygen atoms in total. The number of amides is 1. The maximum Gasteiger partial charge on any atom is 0.220 e. The van der Waals surface area contributed by atoms with Crippen LogP contribution in [0.15, 0.2) is 66.7 Å². The summed E-state index contributed by atoms with van der Waals surface area (Å²) in [6.07, 6.45) is 5.07. The summed E-state index contributed by atoms with van der Waals surface area (Å²) in [7, 11) is 0. The van der Waals surface area contributed by atoms with E-state index in [1.54, 1.807) is 0 Å². The second kappa shape index (κ2) is 9.68. The minimum Gasteiger partial charge on any atom is -0.391 e. The first-order valence-corrected chi connectivity index (χ1v) is 8.38. The number of nitrogens with one attached hydrogen (secondary N) is 1. The summed E-state index contributed by atoms with van der Waals surface area (Å²) in [5, 5.41) is 13.1. The van der Waals surface area contributed by atoms with E-state index in [4.69, 9.17) is 0 Å². The molecule has 0 fully saturated rings. The molecule has 0 saturated heterocycles. The van der Waals surface area contributed by atoms with Crippen LogP contribution >= 0.6 is 0 Å². The molecule has 1 amide bonds. The smallest absolute Gasteiger partial charge is 0.220 e. The standard InChI is InChI=1S/C21H25NO2/c1-17(20(23)16-19-13-6-3-7-14-19)22-21(24)15-9-8-12-18-10-4-2-5-11-18/h2-8,10-14,17,20,23H,9,15-16H2,1H3,(H,22,24)/b12-8+. The van der Waals surface area contributed by atoms with Gasteiger partial charge in [0, 0.05) is 12.8 Å². The highest BCUT2D eigenvalue weighted by Gasteiger charge is 2.16. The van der Waals surface area contributed by atoms with Gasteiger partial charge in [-0.3, -0.25) is 4.79 Å². The summed E-state index contributed by atoms with van der Waals surface area (Å²) in [6, 6.07) is 19.5. The lowest BCUT2D eigenvalue weighted by Gasteiger charge is -2.20. The van der Waals surface area contributed by atoms with E-state index in [-0.39, 0.29) is 11.9 Å². The van der Waals surface area contributed by atoms with Gasteiger partial charge in [-0.2, -0.15) is 0 Å². The third-order valence-electron chi connectivity index (χ3n) is 3.90. The molecule has 0 aromatic heterocycles. The van der Waals surface area contributed by atoms with Gasteiger partial charge in [-0.15, -0.1) is 0 Å². The van der Waals surface area contributed by atoms with Gasteiger partial charge >= 0.3 is 0 Å². The molecule has 2 aromatic carbocycles. The van der Waals surface area contributed by atoms with Gasteiger partial charge < -0.3 is 10.4 Å². The Balaban J connectivity index is 1.70. The van der Waals surface area contributed by atoms with Crippen molar-refractivity contribution in [3.05, 3.63) is 77.9 Å². The molecule has 2 atom stereocenters. The van der Waals surface area contributed by atoms with Crippen molar-refractivity contribution in [2.45, 2.75) is 38.3 Å². The Hall–Kier alpha value is -2.39. The normalized spacial score (nSPS) is 13.6. The van der Waals surface area contributed by atoms with Crippen molar-refractivity contribution in [3.63, 3.8) is 0 Å². The molecular formula is C21H25NO2.